The number of rotatable bonds is 3. The summed E-state index contributed by atoms with van der Waals surface area (Å²) < 4.78 is 18.8. The van der Waals surface area contributed by atoms with Gasteiger partial charge >= 0.3 is 0 Å². The standard InChI is InChI=1S/C15H23FN2O/c1-11-4-5-12(16)10-13(11)14(17)15(2,3)18-6-8-19-9-7-18/h4-5,10,14H,6-9,17H2,1-3H3. The summed E-state index contributed by atoms with van der Waals surface area (Å²) in [5.41, 5.74) is 8.13. The highest BCUT2D eigenvalue weighted by molar-refractivity contribution is 5.31. The largest absolute Gasteiger partial charge is 0.379 e. The molecule has 1 aromatic rings. The first-order chi connectivity index (χ1) is 8.93. The maximum Gasteiger partial charge on any atom is 0.123 e. The predicted octanol–water partition coefficient (Wildman–Crippen LogP) is 2.24. The average molecular weight is 266 g/mol. The van der Waals surface area contributed by atoms with Crippen LogP contribution >= 0.6 is 0 Å². The van der Waals surface area contributed by atoms with Crippen LogP contribution in [0.3, 0.4) is 0 Å². The van der Waals surface area contributed by atoms with Gasteiger partial charge in [-0.1, -0.05) is 6.07 Å². The Kier molecular flexibility index (Phi) is 4.23. The van der Waals surface area contributed by atoms with Crippen LogP contribution in [0.2, 0.25) is 0 Å². The van der Waals surface area contributed by atoms with Crippen LogP contribution < -0.4 is 5.73 Å². The zero-order valence-corrected chi connectivity index (χ0v) is 11.9. The first-order valence-electron chi connectivity index (χ1n) is 6.77. The topological polar surface area (TPSA) is 38.5 Å². The van der Waals surface area contributed by atoms with Crippen molar-refractivity contribution in [3.63, 3.8) is 0 Å². The van der Waals surface area contributed by atoms with E-state index < -0.39 is 0 Å². The van der Waals surface area contributed by atoms with Crippen molar-refractivity contribution in [2.75, 3.05) is 26.3 Å². The summed E-state index contributed by atoms with van der Waals surface area (Å²) in [5.74, 6) is -0.228. The number of aryl methyl sites for hydroxylation is 1. The SMILES string of the molecule is Cc1ccc(F)cc1C(N)C(C)(C)N1CCOCC1. The number of nitrogens with zero attached hydrogens (tertiary/aromatic N) is 1. The van der Waals surface area contributed by atoms with Gasteiger partial charge < -0.3 is 10.5 Å². The molecule has 1 aliphatic rings. The molecule has 0 saturated carbocycles. The molecule has 0 bridgehead atoms. The summed E-state index contributed by atoms with van der Waals surface area (Å²) in [6.45, 7) is 9.42. The van der Waals surface area contributed by atoms with Crippen molar-refractivity contribution in [1.82, 2.24) is 4.90 Å². The third kappa shape index (κ3) is 2.96. The van der Waals surface area contributed by atoms with Crippen molar-refractivity contribution in [2.45, 2.75) is 32.4 Å². The molecule has 19 heavy (non-hydrogen) atoms. The van der Waals surface area contributed by atoms with Crippen molar-refractivity contribution < 1.29 is 9.13 Å². The summed E-state index contributed by atoms with van der Waals surface area (Å²) in [5, 5.41) is 0. The lowest BCUT2D eigenvalue weighted by molar-refractivity contribution is -0.0191. The van der Waals surface area contributed by atoms with Gasteiger partial charge in [0.15, 0.2) is 0 Å². The van der Waals surface area contributed by atoms with Crippen LogP contribution in [0.4, 0.5) is 4.39 Å². The van der Waals surface area contributed by atoms with Crippen LogP contribution in [0.5, 0.6) is 0 Å². The first-order valence-corrected chi connectivity index (χ1v) is 6.77. The summed E-state index contributed by atoms with van der Waals surface area (Å²) in [7, 11) is 0. The number of hydrogen-bond donors (Lipinski definition) is 1. The van der Waals surface area contributed by atoms with Crippen molar-refractivity contribution in [1.29, 1.82) is 0 Å². The fraction of sp³-hybridized carbons (Fsp3) is 0.600. The van der Waals surface area contributed by atoms with E-state index in [1.807, 2.05) is 6.92 Å². The van der Waals surface area contributed by atoms with Crippen molar-refractivity contribution >= 4 is 0 Å². The molecular weight excluding hydrogens is 243 g/mol. The Labute approximate surface area is 114 Å². The van der Waals surface area contributed by atoms with Crippen LogP contribution in [0, 0.1) is 12.7 Å². The van der Waals surface area contributed by atoms with Gasteiger partial charge in [0, 0.05) is 24.7 Å². The lowest BCUT2D eigenvalue weighted by Crippen LogP contribution is -2.55. The van der Waals surface area contributed by atoms with Crippen LogP contribution in [0.25, 0.3) is 0 Å². The lowest BCUT2D eigenvalue weighted by atomic mass is 9.85. The summed E-state index contributed by atoms with van der Waals surface area (Å²) in [4.78, 5) is 2.32. The third-order valence-electron chi connectivity index (χ3n) is 4.16. The molecule has 0 amide bonds. The Morgan fingerprint density at radius 3 is 2.58 bits per heavy atom. The molecule has 1 saturated heterocycles. The Bertz CT molecular complexity index is 442. The van der Waals surface area contributed by atoms with Gasteiger partial charge in [-0.2, -0.15) is 0 Å². The second-order valence-corrected chi connectivity index (χ2v) is 5.73. The van der Waals surface area contributed by atoms with Gasteiger partial charge in [0.25, 0.3) is 0 Å². The second kappa shape index (κ2) is 5.57. The Morgan fingerprint density at radius 1 is 1.32 bits per heavy atom. The molecule has 0 aromatic heterocycles. The molecular formula is C15H23FN2O. The number of ether oxygens (including phenoxy) is 1. The Hall–Kier alpha value is -0.970. The number of halogens is 1. The molecule has 0 aliphatic carbocycles. The van der Waals surface area contributed by atoms with E-state index in [2.05, 4.69) is 18.7 Å². The van der Waals surface area contributed by atoms with Gasteiger partial charge in [-0.15, -0.1) is 0 Å². The highest BCUT2D eigenvalue weighted by atomic mass is 19.1. The van der Waals surface area contributed by atoms with Crippen molar-refractivity contribution in [3.05, 3.63) is 35.1 Å². The highest BCUT2D eigenvalue weighted by Gasteiger charge is 2.35. The molecule has 1 unspecified atom stereocenters. The van der Waals surface area contributed by atoms with Gasteiger partial charge in [-0.3, -0.25) is 4.90 Å². The van der Waals surface area contributed by atoms with E-state index in [9.17, 15) is 4.39 Å². The van der Waals surface area contributed by atoms with E-state index in [-0.39, 0.29) is 17.4 Å². The Morgan fingerprint density at radius 2 is 1.95 bits per heavy atom. The molecule has 2 rings (SSSR count). The van der Waals surface area contributed by atoms with Gasteiger partial charge in [0.2, 0.25) is 0 Å². The van der Waals surface area contributed by atoms with E-state index in [1.165, 1.54) is 6.07 Å². The smallest absolute Gasteiger partial charge is 0.123 e. The summed E-state index contributed by atoms with van der Waals surface area (Å²) in [6.07, 6.45) is 0. The summed E-state index contributed by atoms with van der Waals surface area (Å²) >= 11 is 0. The average Bonchev–Trinajstić information content (AvgIpc) is 2.41. The predicted molar refractivity (Wildman–Crippen MR) is 74.5 cm³/mol. The van der Waals surface area contributed by atoms with E-state index in [4.69, 9.17) is 10.5 Å². The maximum atomic E-state index is 13.4. The van der Waals surface area contributed by atoms with E-state index in [0.29, 0.717) is 0 Å². The minimum atomic E-state index is -0.228. The molecule has 1 aliphatic heterocycles. The third-order valence-corrected chi connectivity index (χ3v) is 4.16. The molecule has 1 heterocycles. The van der Waals surface area contributed by atoms with Crippen LogP contribution in [-0.4, -0.2) is 36.7 Å². The summed E-state index contributed by atoms with van der Waals surface area (Å²) in [6, 6.07) is 4.61. The first kappa shape index (κ1) is 14.4. The van der Waals surface area contributed by atoms with Crippen LogP contribution in [-0.2, 0) is 4.74 Å². The van der Waals surface area contributed by atoms with Crippen LogP contribution in [0.15, 0.2) is 18.2 Å². The Balaban J connectivity index is 2.25. The molecule has 106 valence electrons. The fourth-order valence-corrected chi connectivity index (χ4v) is 2.66. The van der Waals surface area contributed by atoms with Gasteiger partial charge in [-0.05, 0) is 44.0 Å². The molecule has 0 radical (unpaired) electrons. The van der Waals surface area contributed by atoms with E-state index in [0.717, 1.165) is 37.4 Å². The van der Waals surface area contributed by atoms with Crippen LogP contribution in [0.1, 0.15) is 31.0 Å². The number of hydrogen-bond acceptors (Lipinski definition) is 3. The molecule has 1 fully saturated rings. The molecule has 3 nitrogen and oxygen atoms in total. The minimum Gasteiger partial charge on any atom is -0.379 e. The molecule has 0 spiro atoms. The highest BCUT2D eigenvalue weighted by Crippen LogP contribution is 2.31. The van der Waals surface area contributed by atoms with Gasteiger partial charge in [0.05, 0.1) is 13.2 Å². The van der Waals surface area contributed by atoms with Crippen molar-refractivity contribution in [3.8, 4) is 0 Å². The molecule has 1 aromatic carbocycles. The minimum absolute atomic E-state index is 0.220. The zero-order valence-electron chi connectivity index (χ0n) is 11.9. The lowest BCUT2D eigenvalue weighted by Gasteiger charge is -2.44. The maximum absolute atomic E-state index is 13.4. The molecule has 2 N–H and O–H groups in total. The van der Waals surface area contributed by atoms with Gasteiger partial charge in [-0.25, -0.2) is 4.39 Å². The van der Waals surface area contributed by atoms with Crippen molar-refractivity contribution in [2.24, 2.45) is 5.73 Å². The number of morpholine rings is 1. The number of nitrogens with two attached hydrogens (primary N) is 1. The monoisotopic (exact) mass is 266 g/mol. The van der Waals surface area contributed by atoms with Gasteiger partial charge in [0.1, 0.15) is 5.82 Å². The fourth-order valence-electron chi connectivity index (χ4n) is 2.66. The normalized spacial score (nSPS) is 19.4. The molecule has 1 atom stereocenters. The van der Waals surface area contributed by atoms with E-state index >= 15 is 0 Å². The number of benzene rings is 1. The molecule has 4 heteroatoms. The zero-order chi connectivity index (χ0) is 14.0. The quantitative estimate of drug-likeness (QED) is 0.912. The van der Waals surface area contributed by atoms with E-state index in [1.54, 1.807) is 12.1 Å². The second-order valence-electron chi connectivity index (χ2n) is 5.73.